The first-order valence-electron chi connectivity index (χ1n) is 9.65. The summed E-state index contributed by atoms with van der Waals surface area (Å²) in [5.41, 5.74) is 3.45. The van der Waals surface area contributed by atoms with E-state index in [0.717, 1.165) is 24.3 Å². The highest BCUT2D eigenvalue weighted by atomic mass is 32.1. The van der Waals surface area contributed by atoms with Crippen LogP contribution in [0.5, 0.6) is 5.75 Å². The van der Waals surface area contributed by atoms with Crippen LogP contribution in [0.2, 0.25) is 0 Å². The quantitative estimate of drug-likeness (QED) is 0.727. The van der Waals surface area contributed by atoms with Crippen LogP contribution in [0.4, 0.5) is 0 Å². The second kappa shape index (κ2) is 9.33. The Morgan fingerprint density at radius 3 is 2.48 bits per heavy atom. The van der Waals surface area contributed by atoms with E-state index in [-0.39, 0.29) is 11.4 Å². The number of carbonyl (C=O) groups excluding carboxylic acids is 1. The normalized spacial score (nSPS) is 16.7. The highest BCUT2D eigenvalue weighted by Crippen LogP contribution is 2.30. The molecule has 3 rings (SSSR count). The number of nitrogens with zero attached hydrogens (tertiary/aromatic N) is 2. The van der Waals surface area contributed by atoms with E-state index >= 15 is 0 Å². The third kappa shape index (κ3) is 5.30. The van der Waals surface area contributed by atoms with Gasteiger partial charge in [-0.3, -0.25) is 4.79 Å². The molecule has 1 aliphatic carbocycles. The van der Waals surface area contributed by atoms with Crippen LogP contribution in [-0.2, 0) is 6.61 Å². The number of carbonyl (C=O) groups is 1. The molecule has 1 aromatic carbocycles. The molecule has 1 N–H and O–H groups in total. The molecule has 1 fully saturated rings. The smallest absolute Gasteiger partial charge is 0.251 e. The number of hydrogen-bond donors (Lipinski definition) is 1. The van der Waals surface area contributed by atoms with Crippen LogP contribution in [0.1, 0.15) is 54.6 Å². The Labute approximate surface area is 165 Å². The van der Waals surface area contributed by atoms with Crippen molar-refractivity contribution in [2.45, 2.75) is 50.7 Å². The Balaban J connectivity index is 1.55. The third-order valence-electron chi connectivity index (χ3n) is 5.55. The summed E-state index contributed by atoms with van der Waals surface area (Å²) >= 11 is 1.55. The van der Waals surface area contributed by atoms with Gasteiger partial charge < -0.3 is 15.0 Å². The van der Waals surface area contributed by atoms with Gasteiger partial charge in [-0.05, 0) is 51.2 Å². The second-order valence-electron chi connectivity index (χ2n) is 7.51. The van der Waals surface area contributed by atoms with E-state index < -0.39 is 0 Å². The first-order valence-corrected chi connectivity index (χ1v) is 10.6. The van der Waals surface area contributed by atoms with Crippen molar-refractivity contribution in [3.8, 4) is 5.75 Å². The zero-order chi connectivity index (χ0) is 19.1. The van der Waals surface area contributed by atoms with Crippen LogP contribution in [0.15, 0.2) is 35.2 Å². The average Bonchev–Trinajstić information content (AvgIpc) is 3.08. The molecule has 0 saturated heterocycles. The lowest BCUT2D eigenvalue weighted by Crippen LogP contribution is -2.52. The highest BCUT2D eigenvalue weighted by molar-refractivity contribution is 7.07. The van der Waals surface area contributed by atoms with E-state index in [2.05, 4.69) is 29.3 Å². The summed E-state index contributed by atoms with van der Waals surface area (Å²) in [5, 5.41) is 5.13. The van der Waals surface area contributed by atoms with E-state index in [4.69, 9.17) is 4.74 Å². The van der Waals surface area contributed by atoms with Crippen molar-refractivity contribution in [2.75, 3.05) is 20.6 Å². The van der Waals surface area contributed by atoms with Crippen LogP contribution >= 0.6 is 11.3 Å². The molecule has 0 atom stereocenters. The number of hydrogen-bond acceptors (Lipinski definition) is 5. The van der Waals surface area contributed by atoms with Crippen LogP contribution in [0, 0.1) is 0 Å². The summed E-state index contributed by atoms with van der Waals surface area (Å²) in [6.45, 7) is 1.14. The molecule has 27 heavy (non-hydrogen) atoms. The molecule has 0 unspecified atom stereocenters. The van der Waals surface area contributed by atoms with Crippen molar-refractivity contribution in [3.63, 3.8) is 0 Å². The zero-order valence-electron chi connectivity index (χ0n) is 16.2. The maximum absolute atomic E-state index is 12.6. The van der Waals surface area contributed by atoms with E-state index in [9.17, 15) is 4.79 Å². The molecule has 146 valence electrons. The number of nitrogens with one attached hydrogen (secondary N) is 1. The van der Waals surface area contributed by atoms with Crippen molar-refractivity contribution in [2.24, 2.45) is 0 Å². The molecule has 1 heterocycles. The van der Waals surface area contributed by atoms with Crippen LogP contribution in [-0.4, -0.2) is 42.0 Å². The van der Waals surface area contributed by atoms with Gasteiger partial charge in [0.2, 0.25) is 0 Å². The minimum Gasteiger partial charge on any atom is -0.487 e. The maximum atomic E-state index is 12.6. The molecule has 1 aromatic heterocycles. The van der Waals surface area contributed by atoms with Crippen LogP contribution in [0.3, 0.4) is 0 Å². The fourth-order valence-electron chi connectivity index (χ4n) is 3.68. The second-order valence-corrected chi connectivity index (χ2v) is 8.23. The van der Waals surface area contributed by atoms with Gasteiger partial charge in [0.1, 0.15) is 12.4 Å². The van der Waals surface area contributed by atoms with Crippen molar-refractivity contribution in [1.29, 1.82) is 0 Å². The van der Waals surface area contributed by atoms with Crippen molar-refractivity contribution < 1.29 is 9.53 Å². The van der Waals surface area contributed by atoms with Gasteiger partial charge in [-0.1, -0.05) is 25.7 Å². The number of likely N-dealkylation sites (N-methyl/N-ethyl adjacent to an activating group) is 1. The Morgan fingerprint density at radius 1 is 1.19 bits per heavy atom. The molecular weight excluding hydrogens is 358 g/mol. The van der Waals surface area contributed by atoms with E-state index in [1.165, 1.54) is 25.7 Å². The predicted molar refractivity (Wildman–Crippen MR) is 109 cm³/mol. The molecule has 0 bridgehead atoms. The van der Waals surface area contributed by atoms with Gasteiger partial charge in [-0.2, -0.15) is 0 Å². The molecule has 1 amide bonds. The summed E-state index contributed by atoms with van der Waals surface area (Å²) in [4.78, 5) is 19.1. The van der Waals surface area contributed by atoms with Gasteiger partial charge in [0.05, 0.1) is 11.2 Å². The fourth-order valence-corrected chi connectivity index (χ4v) is 4.23. The van der Waals surface area contributed by atoms with E-state index in [0.29, 0.717) is 18.7 Å². The third-order valence-corrected chi connectivity index (χ3v) is 6.18. The number of aromatic nitrogens is 1. The Kier molecular flexibility index (Phi) is 6.85. The van der Waals surface area contributed by atoms with E-state index in [1.54, 1.807) is 16.8 Å². The minimum atomic E-state index is -0.0217. The Morgan fingerprint density at radius 2 is 1.89 bits per heavy atom. The monoisotopic (exact) mass is 387 g/mol. The van der Waals surface area contributed by atoms with Gasteiger partial charge in [0.15, 0.2) is 0 Å². The topological polar surface area (TPSA) is 54.5 Å². The Bertz CT molecular complexity index is 706. The Hall–Kier alpha value is -1.92. The lowest BCUT2D eigenvalue weighted by atomic mass is 9.88. The van der Waals surface area contributed by atoms with E-state index in [1.807, 2.05) is 29.6 Å². The van der Waals surface area contributed by atoms with Gasteiger partial charge >= 0.3 is 0 Å². The molecule has 6 heteroatoms. The molecule has 0 spiro atoms. The first kappa shape index (κ1) is 19.8. The first-order chi connectivity index (χ1) is 13.1. The molecular formula is C21H29N3O2S. The largest absolute Gasteiger partial charge is 0.487 e. The molecule has 2 aromatic rings. The molecule has 5 nitrogen and oxygen atoms in total. The summed E-state index contributed by atoms with van der Waals surface area (Å²) in [5.74, 6) is 0.722. The van der Waals surface area contributed by atoms with Crippen molar-refractivity contribution in [3.05, 3.63) is 46.4 Å². The fraction of sp³-hybridized carbons (Fsp3) is 0.524. The molecule has 0 aliphatic heterocycles. The minimum absolute atomic E-state index is 0.0217. The number of ether oxygens (including phenoxy) is 1. The summed E-state index contributed by atoms with van der Waals surface area (Å²) in [7, 11) is 4.26. The summed E-state index contributed by atoms with van der Waals surface area (Å²) in [6.07, 6.45) is 7.35. The lowest BCUT2D eigenvalue weighted by Gasteiger charge is -2.39. The number of amides is 1. The SMILES string of the molecule is CN(C)C1(CNC(=O)c2ccc(OCc3cscn3)cc2)CCCCCC1. The van der Waals surface area contributed by atoms with Gasteiger partial charge in [-0.15, -0.1) is 11.3 Å². The van der Waals surface area contributed by atoms with Gasteiger partial charge in [0, 0.05) is 23.0 Å². The maximum Gasteiger partial charge on any atom is 0.251 e. The van der Waals surface area contributed by atoms with Crippen LogP contribution < -0.4 is 10.1 Å². The van der Waals surface area contributed by atoms with Gasteiger partial charge in [0.25, 0.3) is 5.91 Å². The standard InChI is InChI=1S/C21H29N3O2S/c1-24(2)21(11-5-3-4-6-12-21)15-22-20(25)17-7-9-19(10-8-17)26-13-18-14-27-16-23-18/h7-10,14,16H,3-6,11-13,15H2,1-2H3,(H,22,25). The van der Waals surface area contributed by atoms with Gasteiger partial charge in [-0.25, -0.2) is 4.98 Å². The molecule has 1 aliphatic rings. The zero-order valence-corrected chi connectivity index (χ0v) is 17.1. The number of benzene rings is 1. The molecule has 1 saturated carbocycles. The van der Waals surface area contributed by atoms with Crippen molar-refractivity contribution >= 4 is 17.2 Å². The summed E-state index contributed by atoms with van der Waals surface area (Å²) < 4.78 is 5.71. The average molecular weight is 388 g/mol. The number of rotatable bonds is 7. The van der Waals surface area contributed by atoms with Crippen molar-refractivity contribution in [1.82, 2.24) is 15.2 Å². The highest BCUT2D eigenvalue weighted by Gasteiger charge is 2.33. The number of thiazole rings is 1. The predicted octanol–water partition coefficient (Wildman–Crippen LogP) is 4.11. The van der Waals surface area contributed by atoms with Crippen LogP contribution in [0.25, 0.3) is 0 Å². The summed E-state index contributed by atoms with van der Waals surface area (Å²) in [6, 6.07) is 7.32. The molecule has 0 radical (unpaired) electrons. The lowest BCUT2D eigenvalue weighted by molar-refractivity contribution is 0.0869.